The largest absolute Gasteiger partial charge is 0.493 e. The summed E-state index contributed by atoms with van der Waals surface area (Å²) >= 11 is 0. The first-order valence-corrected chi connectivity index (χ1v) is 9.17. The van der Waals surface area contributed by atoms with Crippen molar-refractivity contribution in [3.05, 3.63) is 71.8 Å². The smallest absolute Gasteiger partial charge is 0.185 e. The van der Waals surface area contributed by atoms with Crippen LogP contribution in [0.5, 0.6) is 11.5 Å². The number of hydrogen-bond acceptors (Lipinski definition) is 4. The van der Waals surface area contributed by atoms with Crippen LogP contribution in [-0.4, -0.2) is 26.0 Å². The molecule has 0 aliphatic heterocycles. The van der Waals surface area contributed by atoms with Crippen LogP contribution in [0.4, 0.5) is 5.69 Å². The van der Waals surface area contributed by atoms with Crippen molar-refractivity contribution in [1.82, 2.24) is 0 Å². The van der Waals surface area contributed by atoms with Crippen LogP contribution in [0.2, 0.25) is 0 Å². The van der Waals surface area contributed by atoms with E-state index < -0.39 is 0 Å². The van der Waals surface area contributed by atoms with Crippen LogP contribution in [0.25, 0.3) is 6.08 Å². The molecule has 0 amide bonds. The van der Waals surface area contributed by atoms with Crippen LogP contribution in [0.3, 0.4) is 0 Å². The molecule has 2 rings (SSSR count). The number of carbonyl (C=O) groups excluding carboxylic acids is 1. The Morgan fingerprint density at radius 1 is 1.07 bits per heavy atom. The number of nitrogens with one attached hydrogen (secondary N) is 1. The number of rotatable bonds is 10. The van der Waals surface area contributed by atoms with Gasteiger partial charge >= 0.3 is 0 Å². The third-order valence-electron chi connectivity index (χ3n) is 4.05. The summed E-state index contributed by atoms with van der Waals surface area (Å²) in [5, 5.41) is 3.04. The van der Waals surface area contributed by atoms with Crippen molar-refractivity contribution in [2.75, 3.05) is 25.6 Å². The van der Waals surface area contributed by atoms with Crippen LogP contribution >= 0.6 is 0 Å². The van der Waals surface area contributed by atoms with Crippen molar-refractivity contribution in [3.63, 3.8) is 0 Å². The van der Waals surface area contributed by atoms with Gasteiger partial charge < -0.3 is 14.8 Å². The van der Waals surface area contributed by atoms with Gasteiger partial charge in [-0.2, -0.15) is 0 Å². The fraction of sp³-hybridized carbons (Fsp3) is 0.261. The van der Waals surface area contributed by atoms with E-state index in [4.69, 9.17) is 9.47 Å². The average molecular weight is 365 g/mol. The second-order valence-corrected chi connectivity index (χ2v) is 5.85. The highest BCUT2D eigenvalue weighted by Gasteiger charge is 2.14. The van der Waals surface area contributed by atoms with Crippen molar-refractivity contribution < 1.29 is 14.3 Å². The van der Waals surface area contributed by atoms with Gasteiger partial charge in [0.2, 0.25) is 0 Å². The fourth-order valence-electron chi connectivity index (χ4n) is 2.75. The molecule has 142 valence electrons. The standard InChI is InChI=1S/C23H27NO3/c1-5-8-18-11-16-22(26-6-2)20(23(18)27-7-3)14-15-21(25)17-9-12-19(24-4)13-10-17/h5,9-16,24H,1,6-8H2,2-4H3. The van der Waals surface area contributed by atoms with E-state index in [2.05, 4.69) is 11.9 Å². The summed E-state index contributed by atoms with van der Waals surface area (Å²) in [4.78, 5) is 12.6. The van der Waals surface area contributed by atoms with E-state index in [1.165, 1.54) is 0 Å². The fourth-order valence-corrected chi connectivity index (χ4v) is 2.75. The van der Waals surface area contributed by atoms with E-state index in [-0.39, 0.29) is 5.78 Å². The minimum absolute atomic E-state index is 0.0725. The Kier molecular flexibility index (Phi) is 7.68. The summed E-state index contributed by atoms with van der Waals surface area (Å²) in [6.07, 6.45) is 5.85. The SMILES string of the molecule is C=CCc1ccc(OCC)c(C=CC(=O)c2ccc(NC)cc2)c1OCC. The zero-order valence-electron chi connectivity index (χ0n) is 16.2. The second kappa shape index (κ2) is 10.2. The number of allylic oxidation sites excluding steroid dienone is 2. The lowest BCUT2D eigenvalue weighted by atomic mass is 10.0. The third kappa shape index (κ3) is 5.23. The van der Waals surface area contributed by atoms with Crippen molar-refractivity contribution in [2.24, 2.45) is 0 Å². The van der Waals surface area contributed by atoms with Crippen molar-refractivity contribution in [2.45, 2.75) is 20.3 Å². The molecule has 0 bridgehead atoms. The van der Waals surface area contributed by atoms with Gasteiger partial charge in [0, 0.05) is 18.3 Å². The van der Waals surface area contributed by atoms with Gasteiger partial charge in [0.25, 0.3) is 0 Å². The quantitative estimate of drug-likeness (QED) is 0.359. The molecule has 2 aromatic rings. The molecule has 0 heterocycles. The molecule has 0 aliphatic rings. The normalized spacial score (nSPS) is 10.6. The van der Waals surface area contributed by atoms with Crippen LogP contribution < -0.4 is 14.8 Å². The maximum Gasteiger partial charge on any atom is 0.185 e. The highest BCUT2D eigenvalue weighted by Crippen LogP contribution is 2.34. The lowest BCUT2D eigenvalue weighted by molar-refractivity contribution is 0.104. The first-order valence-electron chi connectivity index (χ1n) is 9.17. The lowest BCUT2D eigenvalue weighted by Gasteiger charge is -2.16. The zero-order valence-corrected chi connectivity index (χ0v) is 16.2. The van der Waals surface area contributed by atoms with Gasteiger partial charge in [0.05, 0.1) is 18.8 Å². The maximum atomic E-state index is 12.6. The van der Waals surface area contributed by atoms with E-state index in [0.29, 0.717) is 30.9 Å². The summed E-state index contributed by atoms with van der Waals surface area (Å²) < 4.78 is 11.6. The molecule has 0 aliphatic carbocycles. The first-order chi connectivity index (χ1) is 13.1. The molecule has 0 saturated heterocycles. The first kappa shape index (κ1) is 20.3. The Morgan fingerprint density at radius 2 is 1.78 bits per heavy atom. The Labute approximate surface area is 161 Å². The Morgan fingerprint density at radius 3 is 2.37 bits per heavy atom. The summed E-state index contributed by atoms with van der Waals surface area (Å²) in [6.45, 7) is 8.74. The van der Waals surface area contributed by atoms with Gasteiger partial charge in [-0.3, -0.25) is 4.79 Å². The molecule has 0 radical (unpaired) electrons. The minimum atomic E-state index is -0.0725. The van der Waals surface area contributed by atoms with E-state index in [1.807, 2.05) is 51.2 Å². The molecule has 2 aromatic carbocycles. The molecule has 4 heteroatoms. The third-order valence-corrected chi connectivity index (χ3v) is 4.05. The molecule has 0 aromatic heterocycles. The van der Waals surface area contributed by atoms with Crippen LogP contribution in [0, 0.1) is 0 Å². The monoisotopic (exact) mass is 365 g/mol. The summed E-state index contributed by atoms with van der Waals surface area (Å²) in [7, 11) is 1.84. The van der Waals surface area contributed by atoms with Gasteiger partial charge in [-0.05, 0) is 68.3 Å². The summed E-state index contributed by atoms with van der Waals surface area (Å²) in [5.74, 6) is 1.36. The summed E-state index contributed by atoms with van der Waals surface area (Å²) in [6, 6.07) is 11.3. The number of ketones is 1. The van der Waals surface area contributed by atoms with Gasteiger partial charge in [0.15, 0.2) is 5.78 Å². The molecular weight excluding hydrogens is 338 g/mol. The van der Waals surface area contributed by atoms with Gasteiger partial charge in [0.1, 0.15) is 11.5 Å². The summed E-state index contributed by atoms with van der Waals surface area (Å²) in [5.41, 5.74) is 3.38. The van der Waals surface area contributed by atoms with Crippen molar-refractivity contribution >= 4 is 17.5 Å². The van der Waals surface area contributed by atoms with Gasteiger partial charge in [-0.15, -0.1) is 6.58 Å². The molecule has 0 spiro atoms. The van der Waals surface area contributed by atoms with Crippen LogP contribution in [0.15, 0.2) is 55.1 Å². The molecule has 1 N–H and O–H groups in total. The molecule has 0 fully saturated rings. The molecule has 0 atom stereocenters. The highest BCUT2D eigenvalue weighted by molar-refractivity contribution is 6.07. The van der Waals surface area contributed by atoms with E-state index >= 15 is 0 Å². The van der Waals surface area contributed by atoms with E-state index in [1.54, 1.807) is 24.3 Å². The number of hydrogen-bond donors (Lipinski definition) is 1. The Balaban J connectivity index is 2.40. The second-order valence-electron chi connectivity index (χ2n) is 5.85. The zero-order chi connectivity index (χ0) is 19.6. The molecule has 4 nitrogen and oxygen atoms in total. The van der Waals surface area contributed by atoms with Crippen LogP contribution in [0.1, 0.15) is 35.3 Å². The Hall–Kier alpha value is -3.01. The van der Waals surface area contributed by atoms with Gasteiger partial charge in [-0.25, -0.2) is 0 Å². The lowest BCUT2D eigenvalue weighted by Crippen LogP contribution is -2.03. The molecule has 0 unspecified atom stereocenters. The molecular formula is C23H27NO3. The Bertz CT molecular complexity index is 807. The van der Waals surface area contributed by atoms with Crippen LogP contribution in [-0.2, 0) is 6.42 Å². The minimum Gasteiger partial charge on any atom is -0.493 e. The van der Waals surface area contributed by atoms with E-state index in [9.17, 15) is 4.79 Å². The molecule has 27 heavy (non-hydrogen) atoms. The van der Waals surface area contributed by atoms with Gasteiger partial charge in [-0.1, -0.05) is 12.1 Å². The predicted octanol–water partition coefficient (Wildman–Crippen LogP) is 5.15. The van der Waals surface area contributed by atoms with Crippen molar-refractivity contribution in [3.8, 4) is 11.5 Å². The van der Waals surface area contributed by atoms with Crippen molar-refractivity contribution in [1.29, 1.82) is 0 Å². The maximum absolute atomic E-state index is 12.6. The topological polar surface area (TPSA) is 47.6 Å². The number of ether oxygens (including phenoxy) is 2. The number of anilines is 1. The molecule has 0 saturated carbocycles. The highest BCUT2D eigenvalue weighted by atomic mass is 16.5. The number of benzene rings is 2. The predicted molar refractivity (Wildman–Crippen MR) is 112 cm³/mol. The number of carbonyl (C=O) groups is 1. The van der Waals surface area contributed by atoms with E-state index in [0.717, 1.165) is 22.6 Å². The average Bonchev–Trinajstić information content (AvgIpc) is 2.69.